The summed E-state index contributed by atoms with van der Waals surface area (Å²) in [6.07, 6.45) is 1.64. The van der Waals surface area contributed by atoms with E-state index in [9.17, 15) is 18.0 Å². The molecule has 0 aliphatic rings. The van der Waals surface area contributed by atoms with Gasteiger partial charge in [0.05, 0.1) is 19.1 Å². The quantitative estimate of drug-likeness (QED) is 0.656. The molecular formula is C21H27N3O5S. The van der Waals surface area contributed by atoms with Crippen LogP contribution in [-0.4, -0.2) is 59.1 Å². The fourth-order valence-electron chi connectivity index (χ4n) is 2.80. The van der Waals surface area contributed by atoms with Gasteiger partial charge in [0.1, 0.15) is 5.75 Å². The maximum atomic E-state index is 12.2. The van der Waals surface area contributed by atoms with E-state index in [0.717, 1.165) is 6.26 Å². The van der Waals surface area contributed by atoms with Crippen LogP contribution in [-0.2, 0) is 14.8 Å². The minimum absolute atomic E-state index is 0.118. The molecule has 0 saturated heterocycles. The SMILES string of the molecule is COc1ccc(N(CCCC(=O)Nc2ccc(C(=O)N(C)C)cc2)S(C)(=O)=O)cc1. The van der Waals surface area contributed by atoms with Gasteiger partial charge in [-0.1, -0.05) is 0 Å². The Bertz CT molecular complexity index is 971. The van der Waals surface area contributed by atoms with E-state index in [4.69, 9.17) is 4.74 Å². The summed E-state index contributed by atoms with van der Waals surface area (Å²) in [5.74, 6) is 0.280. The number of nitrogens with zero attached hydrogens (tertiary/aromatic N) is 2. The lowest BCUT2D eigenvalue weighted by Crippen LogP contribution is -2.31. The van der Waals surface area contributed by atoms with Crippen LogP contribution in [0.15, 0.2) is 48.5 Å². The van der Waals surface area contributed by atoms with Crippen LogP contribution in [0, 0.1) is 0 Å². The molecule has 8 nitrogen and oxygen atoms in total. The van der Waals surface area contributed by atoms with Gasteiger partial charge in [-0.25, -0.2) is 8.42 Å². The molecule has 0 radical (unpaired) electrons. The van der Waals surface area contributed by atoms with Crippen molar-refractivity contribution in [3.05, 3.63) is 54.1 Å². The number of anilines is 2. The number of hydrogen-bond acceptors (Lipinski definition) is 5. The van der Waals surface area contributed by atoms with E-state index in [1.54, 1.807) is 62.6 Å². The van der Waals surface area contributed by atoms with Gasteiger partial charge in [0.2, 0.25) is 15.9 Å². The van der Waals surface area contributed by atoms with Crippen LogP contribution < -0.4 is 14.4 Å². The van der Waals surface area contributed by atoms with Crippen LogP contribution in [0.25, 0.3) is 0 Å². The number of benzene rings is 2. The normalized spacial score (nSPS) is 10.9. The Morgan fingerprint density at radius 1 is 1.00 bits per heavy atom. The molecule has 0 aliphatic carbocycles. The number of methoxy groups -OCH3 is 1. The smallest absolute Gasteiger partial charge is 0.253 e. The third kappa shape index (κ3) is 6.48. The Morgan fingerprint density at radius 2 is 1.60 bits per heavy atom. The Morgan fingerprint density at radius 3 is 2.10 bits per heavy atom. The van der Waals surface area contributed by atoms with Crippen molar-refractivity contribution in [1.82, 2.24) is 4.90 Å². The number of hydrogen-bond donors (Lipinski definition) is 1. The zero-order chi connectivity index (χ0) is 22.3. The number of rotatable bonds is 9. The summed E-state index contributed by atoms with van der Waals surface area (Å²) in [6, 6.07) is 13.3. The first-order chi connectivity index (χ1) is 14.1. The zero-order valence-electron chi connectivity index (χ0n) is 17.6. The van der Waals surface area contributed by atoms with Crippen LogP contribution in [0.1, 0.15) is 23.2 Å². The zero-order valence-corrected chi connectivity index (χ0v) is 18.4. The highest BCUT2D eigenvalue weighted by atomic mass is 32.2. The van der Waals surface area contributed by atoms with Gasteiger partial charge in [-0.15, -0.1) is 0 Å². The predicted octanol–water partition coefficient (Wildman–Crippen LogP) is 2.58. The third-order valence-corrected chi connectivity index (χ3v) is 5.54. The van der Waals surface area contributed by atoms with Gasteiger partial charge >= 0.3 is 0 Å². The molecule has 0 aliphatic heterocycles. The standard InChI is InChI=1S/C21H27N3O5S/c1-23(2)21(26)16-7-9-17(10-8-16)22-20(25)6-5-15-24(30(4,27)28)18-11-13-19(29-3)14-12-18/h7-14H,5-6,15H2,1-4H3,(H,22,25). The topological polar surface area (TPSA) is 96.0 Å². The van der Waals surface area contributed by atoms with Crippen LogP contribution in [0.5, 0.6) is 5.75 Å². The van der Waals surface area contributed by atoms with Crippen LogP contribution in [0.4, 0.5) is 11.4 Å². The van der Waals surface area contributed by atoms with E-state index in [2.05, 4.69) is 5.32 Å². The lowest BCUT2D eigenvalue weighted by Gasteiger charge is -2.22. The summed E-state index contributed by atoms with van der Waals surface area (Å²) in [7, 11) is 1.39. The molecule has 9 heteroatoms. The van der Waals surface area contributed by atoms with Crippen molar-refractivity contribution >= 4 is 33.2 Å². The summed E-state index contributed by atoms with van der Waals surface area (Å²) in [5, 5.41) is 2.76. The van der Waals surface area contributed by atoms with Gasteiger partial charge in [-0.3, -0.25) is 13.9 Å². The molecule has 0 saturated carbocycles. The third-order valence-electron chi connectivity index (χ3n) is 4.35. The minimum Gasteiger partial charge on any atom is -0.497 e. The van der Waals surface area contributed by atoms with E-state index in [1.807, 2.05) is 0 Å². The van der Waals surface area contributed by atoms with Crippen molar-refractivity contribution in [1.29, 1.82) is 0 Å². The first kappa shape index (κ1) is 23.2. The van der Waals surface area contributed by atoms with Crippen LogP contribution in [0.3, 0.4) is 0 Å². The number of carbonyl (C=O) groups excluding carboxylic acids is 2. The largest absolute Gasteiger partial charge is 0.497 e. The van der Waals surface area contributed by atoms with Crippen molar-refractivity contribution in [2.75, 3.05) is 43.6 Å². The second-order valence-corrected chi connectivity index (χ2v) is 8.87. The number of ether oxygens (including phenoxy) is 1. The molecule has 0 spiro atoms. The lowest BCUT2D eigenvalue weighted by atomic mass is 10.2. The summed E-state index contributed by atoms with van der Waals surface area (Å²) < 4.78 is 30.7. The summed E-state index contributed by atoms with van der Waals surface area (Å²) in [6.45, 7) is 0.175. The van der Waals surface area contributed by atoms with Gasteiger partial charge in [-0.2, -0.15) is 0 Å². The van der Waals surface area contributed by atoms with Crippen LogP contribution >= 0.6 is 0 Å². The molecule has 0 bridgehead atoms. The number of amides is 2. The Labute approximate surface area is 177 Å². The molecule has 30 heavy (non-hydrogen) atoms. The molecule has 2 aromatic rings. The molecule has 162 valence electrons. The monoisotopic (exact) mass is 433 g/mol. The lowest BCUT2D eigenvalue weighted by molar-refractivity contribution is -0.116. The Kier molecular flexibility index (Phi) is 7.82. The number of sulfonamides is 1. The van der Waals surface area contributed by atoms with Crippen LogP contribution in [0.2, 0.25) is 0 Å². The molecule has 0 fully saturated rings. The molecule has 0 heterocycles. The van der Waals surface area contributed by atoms with Crippen molar-refractivity contribution in [2.45, 2.75) is 12.8 Å². The molecule has 0 unspecified atom stereocenters. The molecule has 2 aromatic carbocycles. The van der Waals surface area contributed by atoms with Crippen molar-refractivity contribution < 1.29 is 22.7 Å². The first-order valence-corrected chi connectivity index (χ1v) is 11.2. The Balaban J connectivity index is 1.93. The minimum atomic E-state index is -3.49. The van der Waals surface area contributed by atoms with E-state index in [-0.39, 0.29) is 24.8 Å². The summed E-state index contributed by atoms with van der Waals surface area (Å²) in [5.41, 5.74) is 1.62. The van der Waals surface area contributed by atoms with Gasteiger partial charge in [-0.05, 0) is 55.0 Å². The van der Waals surface area contributed by atoms with Crippen molar-refractivity contribution in [2.24, 2.45) is 0 Å². The Hall–Kier alpha value is -3.07. The van der Waals surface area contributed by atoms with E-state index in [0.29, 0.717) is 29.1 Å². The predicted molar refractivity (Wildman–Crippen MR) is 118 cm³/mol. The highest BCUT2D eigenvalue weighted by molar-refractivity contribution is 7.92. The van der Waals surface area contributed by atoms with E-state index in [1.165, 1.54) is 16.3 Å². The maximum absolute atomic E-state index is 12.2. The first-order valence-electron chi connectivity index (χ1n) is 9.35. The van der Waals surface area contributed by atoms with Crippen molar-refractivity contribution in [3.63, 3.8) is 0 Å². The van der Waals surface area contributed by atoms with Gasteiger partial charge in [0.15, 0.2) is 0 Å². The second-order valence-electron chi connectivity index (χ2n) is 6.96. The molecule has 1 N–H and O–H groups in total. The molecule has 0 atom stereocenters. The molecule has 0 aromatic heterocycles. The summed E-state index contributed by atoms with van der Waals surface area (Å²) >= 11 is 0. The average Bonchev–Trinajstić information content (AvgIpc) is 2.70. The maximum Gasteiger partial charge on any atom is 0.253 e. The fourth-order valence-corrected chi connectivity index (χ4v) is 3.76. The van der Waals surface area contributed by atoms with Gasteiger partial charge in [0, 0.05) is 38.3 Å². The molecule has 2 amide bonds. The van der Waals surface area contributed by atoms with Gasteiger partial charge < -0.3 is 15.0 Å². The highest BCUT2D eigenvalue weighted by Gasteiger charge is 2.18. The van der Waals surface area contributed by atoms with Crippen molar-refractivity contribution in [3.8, 4) is 5.75 Å². The van der Waals surface area contributed by atoms with Gasteiger partial charge in [0.25, 0.3) is 5.91 Å². The number of nitrogens with one attached hydrogen (secondary N) is 1. The highest BCUT2D eigenvalue weighted by Crippen LogP contribution is 2.22. The fraction of sp³-hybridized carbons (Fsp3) is 0.333. The van der Waals surface area contributed by atoms with E-state index >= 15 is 0 Å². The average molecular weight is 434 g/mol. The number of carbonyl (C=O) groups is 2. The van der Waals surface area contributed by atoms with E-state index < -0.39 is 10.0 Å². The summed E-state index contributed by atoms with van der Waals surface area (Å²) in [4.78, 5) is 25.6. The molecule has 2 rings (SSSR count). The molecular weight excluding hydrogens is 406 g/mol. The second kappa shape index (κ2) is 10.1.